The minimum Gasteiger partial charge on any atom is -0.363 e. The van der Waals surface area contributed by atoms with E-state index in [1.54, 1.807) is 5.01 Å². The number of anilines is 1. The lowest BCUT2D eigenvalue weighted by Gasteiger charge is -2.29. The van der Waals surface area contributed by atoms with Crippen molar-refractivity contribution in [3.8, 4) is 0 Å². The Morgan fingerprint density at radius 2 is 1.90 bits per heavy atom. The summed E-state index contributed by atoms with van der Waals surface area (Å²) >= 11 is 3.43. The number of fused-ring (bicyclic) bond motifs is 2. The molecule has 2 aromatic carbocycles. The average Bonchev–Trinajstić information content (AvgIpc) is 2.92. The van der Waals surface area contributed by atoms with E-state index in [0.717, 1.165) is 21.4 Å². The van der Waals surface area contributed by atoms with Gasteiger partial charge in [0.25, 0.3) is 5.91 Å². The van der Waals surface area contributed by atoms with E-state index in [1.165, 1.54) is 0 Å². The molecular formula is C16H12BrN3O. The zero-order chi connectivity index (χ0) is 14.4. The van der Waals surface area contributed by atoms with Crippen molar-refractivity contribution < 1.29 is 4.79 Å². The van der Waals surface area contributed by atoms with E-state index >= 15 is 0 Å². The number of amides is 1. The van der Waals surface area contributed by atoms with Crippen LogP contribution in [0.25, 0.3) is 0 Å². The Morgan fingerprint density at radius 1 is 1.14 bits per heavy atom. The number of carbonyl (C=O) groups excluding carboxylic acids is 1. The number of nitrogens with zero attached hydrogens (tertiary/aromatic N) is 2. The molecule has 0 spiro atoms. The summed E-state index contributed by atoms with van der Waals surface area (Å²) in [5.74, 6) is -0.0403. The Morgan fingerprint density at radius 3 is 2.71 bits per heavy atom. The molecule has 0 aliphatic carbocycles. The van der Waals surface area contributed by atoms with Crippen molar-refractivity contribution in [2.24, 2.45) is 5.10 Å². The molecule has 1 unspecified atom stereocenters. The number of hydrogen-bond donors (Lipinski definition) is 1. The van der Waals surface area contributed by atoms with Crippen molar-refractivity contribution >= 4 is 33.2 Å². The van der Waals surface area contributed by atoms with E-state index in [0.29, 0.717) is 12.0 Å². The minimum atomic E-state index is -0.0916. The highest BCUT2D eigenvalue weighted by Crippen LogP contribution is 2.31. The molecule has 4 nitrogen and oxygen atoms in total. The molecule has 1 N–H and O–H groups in total. The molecule has 5 heteroatoms. The molecule has 0 fully saturated rings. The maximum absolute atomic E-state index is 12.5. The van der Waals surface area contributed by atoms with Crippen molar-refractivity contribution in [3.05, 3.63) is 64.1 Å². The van der Waals surface area contributed by atoms with Crippen molar-refractivity contribution in [2.75, 3.05) is 5.32 Å². The number of hydrogen-bond acceptors (Lipinski definition) is 3. The predicted octanol–water partition coefficient (Wildman–Crippen LogP) is 3.45. The fourth-order valence-corrected chi connectivity index (χ4v) is 2.99. The van der Waals surface area contributed by atoms with Crippen LogP contribution in [0.1, 0.15) is 22.3 Å². The van der Waals surface area contributed by atoms with Gasteiger partial charge in [-0.15, -0.1) is 0 Å². The Labute approximate surface area is 130 Å². The van der Waals surface area contributed by atoms with E-state index in [-0.39, 0.29) is 12.1 Å². The Hall–Kier alpha value is -2.14. The summed E-state index contributed by atoms with van der Waals surface area (Å²) in [4.78, 5) is 12.5. The number of hydrazone groups is 1. The third kappa shape index (κ3) is 2.05. The third-order valence-corrected chi connectivity index (χ3v) is 4.30. The van der Waals surface area contributed by atoms with Gasteiger partial charge >= 0.3 is 0 Å². The molecule has 1 amide bonds. The molecular weight excluding hydrogens is 330 g/mol. The van der Waals surface area contributed by atoms with Crippen LogP contribution >= 0.6 is 15.9 Å². The SMILES string of the molecule is O=C1c2ccccc2NC2CC(c3ccc(Br)cc3)=NN12. The third-order valence-electron chi connectivity index (χ3n) is 3.78. The Balaban J connectivity index is 1.69. The van der Waals surface area contributed by atoms with Crippen LogP contribution in [0.5, 0.6) is 0 Å². The lowest BCUT2D eigenvalue weighted by molar-refractivity contribution is 0.0718. The van der Waals surface area contributed by atoms with Crippen LogP contribution in [0.15, 0.2) is 58.1 Å². The van der Waals surface area contributed by atoms with Gasteiger partial charge in [0.2, 0.25) is 0 Å². The molecule has 2 aliphatic heterocycles. The fraction of sp³-hybridized carbons (Fsp3) is 0.125. The van der Waals surface area contributed by atoms with Gasteiger partial charge in [0.1, 0.15) is 6.17 Å². The first-order valence-electron chi connectivity index (χ1n) is 6.75. The van der Waals surface area contributed by atoms with Crippen molar-refractivity contribution in [1.82, 2.24) is 5.01 Å². The van der Waals surface area contributed by atoms with Crippen LogP contribution in [-0.4, -0.2) is 22.8 Å². The molecule has 1 atom stereocenters. The number of rotatable bonds is 1. The van der Waals surface area contributed by atoms with Gasteiger partial charge in [-0.1, -0.05) is 40.2 Å². The van der Waals surface area contributed by atoms with Crippen molar-refractivity contribution in [3.63, 3.8) is 0 Å². The number of nitrogens with one attached hydrogen (secondary N) is 1. The summed E-state index contributed by atoms with van der Waals surface area (Å²) in [6.07, 6.45) is 0.618. The van der Waals surface area contributed by atoms with E-state index in [2.05, 4.69) is 26.3 Å². The summed E-state index contributed by atoms with van der Waals surface area (Å²) in [5, 5.41) is 9.45. The molecule has 2 heterocycles. The standard InChI is InChI=1S/C16H12BrN3O/c17-11-7-5-10(6-8-11)14-9-15-18-13-4-2-1-3-12(13)16(21)20(15)19-14/h1-8,15,18H,9H2. The van der Waals surface area contributed by atoms with Gasteiger partial charge in [0, 0.05) is 16.6 Å². The van der Waals surface area contributed by atoms with Gasteiger partial charge in [-0.05, 0) is 29.8 Å². The van der Waals surface area contributed by atoms with Gasteiger partial charge in [0.15, 0.2) is 0 Å². The number of benzene rings is 2. The highest BCUT2D eigenvalue weighted by molar-refractivity contribution is 9.10. The molecule has 2 aliphatic rings. The molecule has 0 bridgehead atoms. The topological polar surface area (TPSA) is 44.7 Å². The zero-order valence-electron chi connectivity index (χ0n) is 11.1. The van der Waals surface area contributed by atoms with Crippen LogP contribution < -0.4 is 5.32 Å². The van der Waals surface area contributed by atoms with Crippen LogP contribution in [0.2, 0.25) is 0 Å². The highest BCUT2D eigenvalue weighted by Gasteiger charge is 2.37. The van der Waals surface area contributed by atoms with Gasteiger partial charge in [-0.25, -0.2) is 5.01 Å². The van der Waals surface area contributed by atoms with E-state index in [4.69, 9.17) is 0 Å². The van der Waals surface area contributed by atoms with Crippen LogP contribution in [0, 0.1) is 0 Å². The van der Waals surface area contributed by atoms with Gasteiger partial charge < -0.3 is 5.32 Å². The second kappa shape index (κ2) is 4.70. The first kappa shape index (κ1) is 12.6. The average molecular weight is 342 g/mol. The number of para-hydroxylation sites is 1. The smallest absolute Gasteiger partial charge is 0.278 e. The van der Waals surface area contributed by atoms with E-state index in [1.807, 2.05) is 48.5 Å². The van der Waals surface area contributed by atoms with Crippen LogP contribution in [0.4, 0.5) is 5.69 Å². The van der Waals surface area contributed by atoms with E-state index < -0.39 is 0 Å². The van der Waals surface area contributed by atoms with Crippen molar-refractivity contribution in [2.45, 2.75) is 12.6 Å². The first-order chi connectivity index (χ1) is 10.2. The van der Waals surface area contributed by atoms with Crippen LogP contribution in [-0.2, 0) is 0 Å². The summed E-state index contributed by atoms with van der Waals surface area (Å²) in [7, 11) is 0. The van der Waals surface area contributed by atoms with Crippen molar-refractivity contribution in [1.29, 1.82) is 0 Å². The monoisotopic (exact) mass is 341 g/mol. The fourth-order valence-electron chi connectivity index (χ4n) is 2.73. The second-order valence-corrected chi connectivity index (χ2v) is 6.03. The molecule has 2 aromatic rings. The summed E-state index contributed by atoms with van der Waals surface area (Å²) in [6, 6.07) is 15.6. The normalized spacial score (nSPS) is 19.7. The maximum atomic E-state index is 12.5. The van der Waals surface area contributed by atoms with Gasteiger partial charge in [0.05, 0.1) is 11.3 Å². The highest BCUT2D eigenvalue weighted by atomic mass is 79.9. The molecule has 0 saturated heterocycles. The quantitative estimate of drug-likeness (QED) is 0.863. The minimum absolute atomic E-state index is 0.0403. The molecule has 104 valence electrons. The lowest BCUT2D eigenvalue weighted by Crippen LogP contribution is -2.42. The molecule has 0 saturated carbocycles. The molecule has 21 heavy (non-hydrogen) atoms. The largest absolute Gasteiger partial charge is 0.363 e. The van der Waals surface area contributed by atoms with E-state index in [9.17, 15) is 4.79 Å². The summed E-state index contributed by atoms with van der Waals surface area (Å²) in [6.45, 7) is 0. The molecule has 0 radical (unpaired) electrons. The molecule has 4 rings (SSSR count). The van der Waals surface area contributed by atoms with Gasteiger partial charge in [-0.3, -0.25) is 4.79 Å². The zero-order valence-corrected chi connectivity index (χ0v) is 12.7. The van der Waals surface area contributed by atoms with Crippen LogP contribution in [0.3, 0.4) is 0 Å². The number of carbonyl (C=O) groups is 1. The molecule has 0 aromatic heterocycles. The van der Waals surface area contributed by atoms with Gasteiger partial charge in [-0.2, -0.15) is 5.10 Å². The Bertz CT molecular complexity index is 754. The summed E-state index contributed by atoms with van der Waals surface area (Å²) < 4.78 is 1.03. The summed E-state index contributed by atoms with van der Waals surface area (Å²) in [5.41, 5.74) is 3.54. The predicted molar refractivity (Wildman–Crippen MR) is 85.3 cm³/mol. The number of halogens is 1. The first-order valence-corrected chi connectivity index (χ1v) is 7.54. The second-order valence-electron chi connectivity index (χ2n) is 5.11. The lowest BCUT2D eigenvalue weighted by atomic mass is 10.0. The Kier molecular flexibility index (Phi) is 2.82. The maximum Gasteiger partial charge on any atom is 0.278 e.